The number of aryl methyl sites for hydroxylation is 1. The number of hydrogen-bond acceptors (Lipinski definition) is 4. The second-order valence-electron chi connectivity index (χ2n) is 2.86. The molecule has 0 aliphatic heterocycles. The third-order valence-corrected chi connectivity index (χ3v) is 1.51. The number of nitrogens with two attached hydrogens (primary N) is 1. The average Bonchev–Trinajstić information content (AvgIpc) is 2.58. The number of aliphatic imine (C=N–C) groups is 1. The molecule has 6 heteroatoms. The average molecular weight is 197 g/mol. The lowest BCUT2D eigenvalue weighted by Crippen LogP contribution is -2.32. The van der Waals surface area contributed by atoms with E-state index in [2.05, 4.69) is 27.4 Å². The van der Waals surface area contributed by atoms with Gasteiger partial charge in [-0.2, -0.15) is 4.98 Å². The molecule has 0 aliphatic rings. The van der Waals surface area contributed by atoms with Gasteiger partial charge in [0.15, 0.2) is 11.8 Å². The first-order chi connectivity index (χ1) is 6.72. The molecule has 0 unspecified atom stereocenters. The van der Waals surface area contributed by atoms with Crippen LogP contribution in [0.15, 0.2) is 9.52 Å². The molecule has 3 N–H and O–H groups in total. The first kappa shape index (κ1) is 10.5. The van der Waals surface area contributed by atoms with Crippen molar-refractivity contribution in [3.63, 3.8) is 0 Å². The van der Waals surface area contributed by atoms with Crippen LogP contribution in [0.5, 0.6) is 0 Å². The van der Waals surface area contributed by atoms with Crippen LogP contribution in [0, 0.1) is 6.92 Å². The van der Waals surface area contributed by atoms with E-state index in [0.29, 0.717) is 24.2 Å². The van der Waals surface area contributed by atoms with E-state index in [-0.39, 0.29) is 0 Å². The molecule has 78 valence electrons. The van der Waals surface area contributed by atoms with Gasteiger partial charge in [-0.05, 0) is 13.3 Å². The molecule has 14 heavy (non-hydrogen) atoms. The summed E-state index contributed by atoms with van der Waals surface area (Å²) in [7, 11) is 0. The molecule has 1 aromatic rings. The molecule has 1 rings (SSSR count). The van der Waals surface area contributed by atoms with Crippen LogP contribution < -0.4 is 11.1 Å². The summed E-state index contributed by atoms with van der Waals surface area (Å²) in [6.45, 7) is 4.96. The number of aromatic nitrogens is 2. The zero-order valence-electron chi connectivity index (χ0n) is 8.45. The molecule has 0 amide bonds. The van der Waals surface area contributed by atoms with Crippen LogP contribution in [0.1, 0.15) is 25.1 Å². The molecule has 1 heterocycles. The lowest BCUT2D eigenvalue weighted by atomic mass is 10.5. The third kappa shape index (κ3) is 3.42. The summed E-state index contributed by atoms with van der Waals surface area (Å²) < 4.78 is 4.87. The van der Waals surface area contributed by atoms with Crippen molar-refractivity contribution in [2.75, 3.05) is 6.54 Å². The van der Waals surface area contributed by atoms with E-state index < -0.39 is 0 Å². The van der Waals surface area contributed by atoms with Crippen molar-refractivity contribution in [3.8, 4) is 0 Å². The summed E-state index contributed by atoms with van der Waals surface area (Å²) in [5.41, 5.74) is 5.56. The minimum atomic E-state index is 0.323. The Morgan fingerprint density at radius 1 is 1.64 bits per heavy atom. The van der Waals surface area contributed by atoms with Crippen LogP contribution in [0.25, 0.3) is 0 Å². The predicted molar refractivity (Wildman–Crippen MR) is 52.7 cm³/mol. The van der Waals surface area contributed by atoms with E-state index in [1.165, 1.54) is 0 Å². The zero-order chi connectivity index (χ0) is 10.4. The second-order valence-corrected chi connectivity index (χ2v) is 2.86. The Balaban J connectivity index is 2.38. The number of nitrogens with one attached hydrogen (secondary N) is 1. The molecule has 0 spiro atoms. The molecular formula is C8H15N5O. The zero-order valence-corrected chi connectivity index (χ0v) is 8.45. The van der Waals surface area contributed by atoms with Gasteiger partial charge in [0.05, 0.1) is 0 Å². The van der Waals surface area contributed by atoms with Crippen LogP contribution in [-0.4, -0.2) is 22.6 Å². The Kier molecular flexibility index (Phi) is 3.90. The summed E-state index contributed by atoms with van der Waals surface area (Å²) in [5.74, 6) is 1.49. The molecule has 0 bridgehead atoms. The molecule has 1 aromatic heterocycles. The van der Waals surface area contributed by atoms with Crippen molar-refractivity contribution in [1.29, 1.82) is 0 Å². The van der Waals surface area contributed by atoms with Gasteiger partial charge in [0.2, 0.25) is 5.89 Å². The fourth-order valence-electron chi connectivity index (χ4n) is 0.866. The van der Waals surface area contributed by atoms with Gasteiger partial charge in [-0.15, -0.1) is 0 Å². The molecule has 0 aromatic carbocycles. The second kappa shape index (κ2) is 5.21. The highest BCUT2D eigenvalue weighted by molar-refractivity contribution is 5.77. The van der Waals surface area contributed by atoms with E-state index in [1.54, 1.807) is 6.92 Å². The van der Waals surface area contributed by atoms with Gasteiger partial charge in [0.25, 0.3) is 0 Å². The lowest BCUT2D eigenvalue weighted by Gasteiger charge is -2.01. The van der Waals surface area contributed by atoms with Gasteiger partial charge < -0.3 is 15.6 Å². The summed E-state index contributed by atoms with van der Waals surface area (Å²) in [6.07, 6.45) is 1.01. The Labute approximate surface area is 82.6 Å². The molecule has 0 saturated carbocycles. The number of rotatable bonds is 4. The first-order valence-corrected chi connectivity index (χ1v) is 4.55. The molecule has 6 nitrogen and oxygen atoms in total. The summed E-state index contributed by atoms with van der Waals surface area (Å²) in [5, 5.41) is 6.59. The van der Waals surface area contributed by atoms with Crippen molar-refractivity contribution < 1.29 is 4.52 Å². The van der Waals surface area contributed by atoms with Crippen LogP contribution in [0.3, 0.4) is 0 Å². The van der Waals surface area contributed by atoms with Gasteiger partial charge in [-0.1, -0.05) is 12.1 Å². The number of guanidine groups is 1. The Hall–Kier alpha value is -1.59. The van der Waals surface area contributed by atoms with E-state index in [0.717, 1.165) is 13.0 Å². The van der Waals surface area contributed by atoms with Gasteiger partial charge in [-0.3, -0.25) is 0 Å². The molecule has 0 atom stereocenters. The van der Waals surface area contributed by atoms with Crippen molar-refractivity contribution >= 4 is 5.96 Å². The molecule has 0 aliphatic carbocycles. The van der Waals surface area contributed by atoms with E-state index >= 15 is 0 Å². The van der Waals surface area contributed by atoms with Gasteiger partial charge in [0.1, 0.15) is 6.54 Å². The maximum atomic E-state index is 5.56. The topological polar surface area (TPSA) is 89.3 Å². The first-order valence-electron chi connectivity index (χ1n) is 4.55. The van der Waals surface area contributed by atoms with Gasteiger partial charge >= 0.3 is 0 Å². The van der Waals surface area contributed by atoms with Crippen LogP contribution in [-0.2, 0) is 6.54 Å². The van der Waals surface area contributed by atoms with Crippen LogP contribution in [0.2, 0.25) is 0 Å². The normalized spacial score (nSPS) is 11.7. The third-order valence-electron chi connectivity index (χ3n) is 1.51. The molecule has 0 saturated heterocycles. The summed E-state index contributed by atoms with van der Waals surface area (Å²) in [4.78, 5) is 8.03. The summed E-state index contributed by atoms with van der Waals surface area (Å²) in [6, 6.07) is 0. The van der Waals surface area contributed by atoms with E-state index in [4.69, 9.17) is 10.3 Å². The molecule has 0 radical (unpaired) electrons. The van der Waals surface area contributed by atoms with E-state index in [9.17, 15) is 0 Å². The smallest absolute Gasteiger partial charge is 0.248 e. The van der Waals surface area contributed by atoms with E-state index in [1.807, 2.05) is 0 Å². The SMILES string of the molecule is CCCNC(N)=NCc1nc(C)no1. The highest BCUT2D eigenvalue weighted by Gasteiger charge is 2.00. The van der Waals surface area contributed by atoms with Crippen molar-refractivity contribution in [1.82, 2.24) is 15.5 Å². The van der Waals surface area contributed by atoms with Crippen molar-refractivity contribution in [2.24, 2.45) is 10.7 Å². The van der Waals surface area contributed by atoms with Crippen molar-refractivity contribution in [3.05, 3.63) is 11.7 Å². The molecular weight excluding hydrogens is 182 g/mol. The Morgan fingerprint density at radius 3 is 3.00 bits per heavy atom. The van der Waals surface area contributed by atoms with Gasteiger partial charge in [-0.25, -0.2) is 4.99 Å². The minimum absolute atomic E-state index is 0.323. The standard InChI is InChI=1S/C8H15N5O/c1-3-4-10-8(9)11-5-7-12-6(2)13-14-7/h3-5H2,1-2H3,(H3,9,10,11). The fraction of sp³-hybridized carbons (Fsp3) is 0.625. The predicted octanol–water partition coefficient (Wildman–Crippen LogP) is 0.192. The highest BCUT2D eigenvalue weighted by Crippen LogP contribution is 1.96. The monoisotopic (exact) mass is 197 g/mol. The molecule has 0 fully saturated rings. The minimum Gasteiger partial charge on any atom is -0.370 e. The fourth-order valence-corrected chi connectivity index (χ4v) is 0.866. The Bertz CT molecular complexity index is 306. The summed E-state index contributed by atoms with van der Waals surface area (Å²) >= 11 is 0. The number of hydrogen-bond donors (Lipinski definition) is 2. The lowest BCUT2D eigenvalue weighted by molar-refractivity contribution is 0.376. The van der Waals surface area contributed by atoms with Crippen LogP contribution >= 0.6 is 0 Å². The quantitative estimate of drug-likeness (QED) is 0.531. The highest BCUT2D eigenvalue weighted by atomic mass is 16.5. The largest absolute Gasteiger partial charge is 0.370 e. The van der Waals surface area contributed by atoms with Crippen molar-refractivity contribution in [2.45, 2.75) is 26.8 Å². The maximum Gasteiger partial charge on any atom is 0.248 e. The van der Waals surface area contributed by atoms with Gasteiger partial charge in [0, 0.05) is 6.54 Å². The maximum absolute atomic E-state index is 5.56. The Morgan fingerprint density at radius 2 is 2.43 bits per heavy atom. The number of nitrogens with zero attached hydrogens (tertiary/aromatic N) is 3. The van der Waals surface area contributed by atoms with Crippen LogP contribution in [0.4, 0.5) is 0 Å².